The third-order valence-electron chi connectivity index (χ3n) is 1.58. The van der Waals surface area contributed by atoms with E-state index < -0.39 is 5.97 Å². The molecule has 0 N–H and O–H groups in total. The van der Waals surface area contributed by atoms with Crippen LogP contribution in [-0.2, 0) is 14.3 Å². The van der Waals surface area contributed by atoms with Crippen molar-refractivity contribution in [3.8, 4) is 0 Å². The lowest BCUT2D eigenvalue weighted by molar-refractivity contribution is -0.144. The van der Waals surface area contributed by atoms with Gasteiger partial charge in [-0.2, -0.15) is 0 Å². The maximum atomic E-state index is 11.5. The molecule has 3 heteroatoms. The molecule has 0 fully saturated rings. The summed E-state index contributed by atoms with van der Waals surface area (Å²) in [5, 5.41) is 0. The van der Waals surface area contributed by atoms with Crippen LogP contribution in [-0.4, -0.2) is 18.4 Å². The van der Waals surface area contributed by atoms with Gasteiger partial charge in [0, 0.05) is 5.57 Å². The molecule has 0 heterocycles. The molecule has 0 bridgehead atoms. The zero-order valence-corrected chi connectivity index (χ0v) is 9.16. The van der Waals surface area contributed by atoms with Crippen molar-refractivity contribution in [2.45, 2.75) is 20.3 Å². The molecule has 0 saturated heterocycles. The molecule has 0 unspecified atom stereocenters. The van der Waals surface area contributed by atoms with Gasteiger partial charge in [-0.1, -0.05) is 30.9 Å². The van der Waals surface area contributed by atoms with Crippen molar-refractivity contribution in [1.29, 1.82) is 0 Å². The standard InChI is InChI=1S/C12H16O3/c1-4-7-10(8-5-2)11(13)9-12(14)15-6-3/h4-5,7-8H,1,6,9H2,2-3H3. The molecular weight excluding hydrogens is 192 g/mol. The van der Waals surface area contributed by atoms with Crippen LogP contribution in [0.2, 0.25) is 0 Å². The second-order valence-electron chi connectivity index (χ2n) is 2.76. The molecule has 0 aromatic heterocycles. The molecule has 0 amide bonds. The summed E-state index contributed by atoms with van der Waals surface area (Å²) in [5.41, 5.74) is 0.459. The Labute approximate surface area is 90.1 Å². The number of carbonyl (C=O) groups is 2. The molecule has 0 saturated carbocycles. The fourth-order valence-corrected chi connectivity index (χ4v) is 0.993. The monoisotopic (exact) mass is 208 g/mol. The molecule has 0 spiro atoms. The molecule has 0 atom stereocenters. The lowest BCUT2D eigenvalue weighted by Gasteiger charge is -2.01. The van der Waals surface area contributed by atoms with Gasteiger partial charge in [0.25, 0.3) is 0 Å². The second-order valence-corrected chi connectivity index (χ2v) is 2.76. The molecule has 0 aromatic rings. The average Bonchev–Trinajstić information content (AvgIpc) is 2.17. The number of ketones is 1. The normalized spacial score (nSPS) is 11.5. The van der Waals surface area contributed by atoms with Gasteiger partial charge in [0.1, 0.15) is 6.42 Å². The number of Topliss-reactive ketones (excluding diaryl/α,β-unsaturated/α-hetero) is 1. The molecule has 0 radical (unpaired) electrons. The van der Waals surface area contributed by atoms with Crippen molar-refractivity contribution in [3.63, 3.8) is 0 Å². The van der Waals surface area contributed by atoms with Crippen LogP contribution < -0.4 is 0 Å². The molecule has 0 aromatic carbocycles. The number of hydrogen-bond acceptors (Lipinski definition) is 3. The SMILES string of the molecule is C=CC=C(C=CC)C(=O)CC(=O)OCC. The van der Waals surface area contributed by atoms with Gasteiger partial charge >= 0.3 is 5.97 Å². The predicted molar refractivity (Wildman–Crippen MR) is 59.4 cm³/mol. The number of rotatable bonds is 6. The zero-order chi connectivity index (χ0) is 11.7. The summed E-state index contributed by atoms with van der Waals surface area (Å²) < 4.78 is 4.68. The van der Waals surface area contributed by atoms with Crippen LogP contribution in [0.15, 0.2) is 36.5 Å². The summed E-state index contributed by atoms with van der Waals surface area (Å²) in [6, 6.07) is 0. The number of allylic oxidation sites excluding steroid dienone is 5. The van der Waals surface area contributed by atoms with Crippen LogP contribution >= 0.6 is 0 Å². The van der Waals surface area contributed by atoms with E-state index in [1.165, 1.54) is 6.08 Å². The summed E-state index contributed by atoms with van der Waals surface area (Å²) in [7, 11) is 0. The van der Waals surface area contributed by atoms with Gasteiger partial charge in [-0.05, 0) is 13.8 Å². The van der Waals surface area contributed by atoms with Gasteiger partial charge < -0.3 is 4.74 Å². The molecule has 82 valence electrons. The van der Waals surface area contributed by atoms with Gasteiger partial charge in [-0.15, -0.1) is 0 Å². The first-order chi connectivity index (χ1) is 7.15. The Morgan fingerprint density at radius 1 is 1.40 bits per heavy atom. The average molecular weight is 208 g/mol. The van der Waals surface area contributed by atoms with Crippen molar-refractivity contribution in [3.05, 3.63) is 36.5 Å². The first-order valence-corrected chi connectivity index (χ1v) is 4.79. The van der Waals surface area contributed by atoms with Gasteiger partial charge in [-0.25, -0.2) is 0 Å². The third kappa shape index (κ3) is 5.62. The van der Waals surface area contributed by atoms with Crippen LogP contribution in [0.5, 0.6) is 0 Å². The van der Waals surface area contributed by atoms with Crippen molar-refractivity contribution in [2.24, 2.45) is 0 Å². The van der Waals surface area contributed by atoms with E-state index >= 15 is 0 Å². The minimum atomic E-state index is -0.498. The highest BCUT2D eigenvalue weighted by Gasteiger charge is 2.12. The minimum absolute atomic E-state index is 0.224. The highest BCUT2D eigenvalue weighted by molar-refractivity contribution is 6.07. The van der Waals surface area contributed by atoms with E-state index in [0.717, 1.165) is 0 Å². The number of carbonyl (C=O) groups excluding carboxylic acids is 2. The lowest BCUT2D eigenvalue weighted by Crippen LogP contribution is -2.12. The summed E-state index contributed by atoms with van der Waals surface area (Å²) in [4.78, 5) is 22.6. The fourth-order valence-electron chi connectivity index (χ4n) is 0.993. The molecule has 3 nitrogen and oxygen atoms in total. The number of ether oxygens (including phenoxy) is 1. The van der Waals surface area contributed by atoms with Crippen LogP contribution in [0.1, 0.15) is 20.3 Å². The van der Waals surface area contributed by atoms with Crippen molar-refractivity contribution < 1.29 is 14.3 Å². The van der Waals surface area contributed by atoms with E-state index in [4.69, 9.17) is 0 Å². The predicted octanol–water partition coefficient (Wildman–Crippen LogP) is 2.20. The molecule has 0 aliphatic heterocycles. The fraction of sp³-hybridized carbons (Fsp3) is 0.333. The Morgan fingerprint density at radius 3 is 2.53 bits per heavy atom. The Bertz CT molecular complexity index is 298. The Hall–Kier alpha value is -1.64. The van der Waals surface area contributed by atoms with E-state index in [-0.39, 0.29) is 18.8 Å². The molecule has 0 aliphatic carbocycles. The van der Waals surface area contributed by atoms with Crippen LogP contribution in [0, 0.1) is 0 Å². The molecule has 15 heavy (non-hydrogen) atoms. The van der Waals surface area contributed by atoms with Crippen molar-refractivity contribution in [2.75, 3.05) is 6.61 Å². The van der Waals surface area contributed by atoms with Crippen molar-refractivity contribution >= 4 is 11.8 Å². The van der Waals surface area contributed by atoms with E-state index in [2.05, 4.69) is 11.3 Å². The molecule has 0 aliphatic rings. The maximum absolute atomic E-state index is 11.5. The van der Waals surface area contributed by atoms with Gasteiger partial charge in [-0.3, -0.25) is 9.59 Å². The van der Waals surface area contributed by atoms with E-state index in [1.54, 1.807) is 32.1 Å². The quantitative estimate of drug-likeness (QED) is 0.291. The van der Waals surface area contributed by atoms with Crippen LogP contribution in [0.25, 0.3) is 0 Å². The summed E-state index contributed by atoms with van der Waals surface area (Å²) in [6.45, 7) is 7.29. The highest BCUT2D eigenvalue weighted by Crippen LogP contribution is 2.04. The number of hydrogen-bond donors (Lipinski definition) is 0. The molecular formula is C12H16O3. The third-order valence-corrected chi connectivity index (χ3v) is 1.58. The smallest absolute Gasteiger partial charge is 0.313 e. The van der Waals surface area contributed by atoms with E-state index in [9.17, 15) is 9.59 Å². The second kappa shape index (κ2) is 7.74. The summed E-state index contributed by atoms with van der Waals surface area (Å²) in [5.74, 6) is -0.756. The topological polar surface area (TPSA) is 43.4 Å². The van der Waals surface area contributed by atoms with E-state index in [0.29, 0.717) is 5.57 Å². The summed E-state index contributed by atoms with van der Waals surface area (Å²) >= 11 is 0. The maximum Gasteiger partial charge on any atom is 0.313 e. The highest BCUT2D eigenvalue weighted by atomic mass is 16.5. The lowest BCUT2D eigenvalue weighted by atomic mass is 10.1. The Balaban J connectivity index is 4.46. The van der Waals surface area contributed by atoms with Gasteiger partial charge in [0.2, 0.25) is 0 Å². The Kier molecular flexibility index (Phi) is 6.89. The zero-order valence-electron chi connectivity index (χ0n) is 9.16. The minimum Gasteiger partial charge on any atom is -0.466 e. The van der Waals surface area contributed by atoms with Gasteiger partial charge in [0.15, 0.2) is 5.78 Å². The largest absolute Gasteiger partial charge is 0.466 e. The molecule has 0 rings (SSSR count). The first-order valence-electron chi connectivity index (χ1n) is 4.79. The van der Waals surface area contributed by atoms with Crippen molar-refractivity contribution in [1.82, 2.24) is 0 Å². The number of esters is 1. The van der Waals surface area contributed by atoms with Gasteiger partial charge in [0.05, 0.1) is 6.61 Å². The van der Waals surface area contributed by atoms with Crippen LogP contribution in [0.4, 0.5) is 0 Å². The van der Waals surface area contributed by atoms with E-state index in [1.807, 2.05) is 0 Å². The van der Waals surface area contributed by atoms with Crippen LogP contribution in [0.3, 0.4) is 0 Å². The summed E-state index contributed by atoms with van der Waals surface area (Å²) in [6.07, 6.45) is 6.24. The Morgan fingerprint density at radius 2 is 2.07 bits per heavy atom. The first kappa shape index (κ1) is 13.4.